The first-order valence-electron chi connectivity index (χ1n) is 4.66. The maximum Gasteiger partial charge on any atom is 0.245 e. The van der Waals surface area contributed by atoms with E-state index in [2.05, 4.69) is 36.1 Å². The van der Waals surface area contributed by atoms with Gasteiger partial charge in [0.1, 0.15) is 6.33 Å². The number of nitrogens with zero attached hydrogens (tertiary/aromatic N) is 3. The van der Waals surface area contributed by atoms with Crippen LogP contribution in [0.15, 0.2) is 27.9 Å². The van der Waals surface area contributed by atoms with Gasteiger partial charge in [-0.05, 0) is 12.1 Å². The molecule has 17 heavy (non-hydrogen) atoms. The third-order valence-corrected chi connectivity index (χ3v) is 2.48. The summed E-state index contributed by atoms with van der Waals surface area (Å²) < 4.78 is 5.81. The van der Waals surface area contributed by atoms with E-state index < -0.39 is 0 Å². The zero-order valence-electron chi connectivity index (χ0n) is 8.88. The molecule has 0 bridgehead atoms. The SMILES string of the molecule is COc1cc(Br)cc(/C=N/c2ncn[nH]2)c1O. The lowest BCUT2D eigenvalue weighted by Crippen LogP contribution is -1.89. The van der Waals surface area contributed by atoms with Crippen LogP contribution in [0.4, 0.5) is 5.95 Å². The van der Waals surface area contributed by atoms with Crippen LogP contribution in [0.5, 0.6) is 11.5 Å². The molecule has 7 heteroatoms. The Morgan fingerprint density at radius 1 is 1.53 bits per heavy atom. The first-order chi connectivity index (χ1) is 8.20. The largest absolute Gasteiger partial charge is 0.504 e. The molecule has 2 N–H and O–H groups in total. The monoisotopic (exact) mass is 296 g/mol. The van der Waals surface area contributed by atoms with Crippen molar-refractivity contribution >= 4 is 28.1 Å². The average molecular weight is 297 g/mol. The third kappa shape index (κ3) is 2.62. The van der Waals surface area contributed by atoms with Crippen molar-refractivity contribution in [2.45, 2.75) is 0 Å². The molecule has 0 amide bonds. The van der Waals surface area contributed by atoms with E-state index in [-0.39, 0.29) is 5.75 Å². The van der Waals surface area contributed by atoms with Crippen LogP contribution in [0.2, 0.25) is 0 Å². The number of ether oxygens (including phenoxy) is 1. The fourth-order valence-corrected chi connectivity index (χ4v) is 1.69. The molecule has 0 saturated heterocycles. The molecule has 0 atom stereocenters. The highest BCUT2D eigenvalue weighted by Crippen LogP contribution is 2.32. The highest BCUT2D eigenvalue weighted by molar-refractivity contribution is 9.10. The standard InChI is InChI=1S/C10H9BrN4O2/c1-17-8-3-7(11)2-6(9(8)16)4-12-10-13-5-14-15-10/h2-5,16H,1H3,(H,13,14,15)/b12-4+. The highest BCUT2D eigenvalue weighted by atomic mass is 79.9. The fourth-order valence-electron chi connectivity index (χ4n) is 1.24. The number of halogens is 1. The number of aromatic amines is 1. The predicted octanol–water partition coefficient (Wildman–Crippen LogP) is 2.03. The number of benzene rings is 1. The van der Waals surface area contributed by atoms with Crippen LogP contribution in [-0.2, 0) is 0 Å². The Morgan fingerprint density at radius 2 is 2.35 bits per heavy atom. The molecule has 0 fully saturated rings. The quantitative estimate of drug-likeness (QED) is 0.849. The second kappa shape index (κ2) is 4.96. The van der Waals surface area contributed by atoms with Gasteiger partial charge in [-0.25, -0.2) is 10.1 Å². The molecule has 0 spiro atoms. The number of aliphatic imine (C=N–C) groups is 1. The molecule has 2 aromatic rings. The van der Waals surface area contributed by atoms with E-state index in [0.29, 0.717) is 17.3 Å². The van der Waals surface area contributed by atoms with Crippen LogP contribution in [0.3, 0.4) is 0 Å². The topological polar surface area (TPSA) is 83.4 Å². The molecular weight excluding hydrogens is 288 g/mol. The number of methoxy groups -OCH3 is 1. The van der Waals surface area contributed by atoms with Gasteiger partial charge in [0, 0.05) is 16.3 Å². The molecule has 1 aromatic carbocycles. The van der Waals surface area contributed by atoms with E-state index in [1.165, 1.54) is 19.7 Å². The molecule has 0 saturated carbocycles. The number of phenolic OH excluding ortho intramolecular Hbond substituents is 1. The number of hydrogen-bond acceptors (Lipinski definition) is 5. The molecule has 0 aliphatic carbocycles. The Bertz CT molecular complexity index is 539. The number of H-pyrrole nitrogens is 1. The van der Waals surface area contributed by atoms with Crippen LogP contribution in [0.25, 0.3) is 0 Å². The van der Waals surface area contributed by atoms with Gasteiger partial charge in [-0.1, -0.05) is 15.9 Å². The molecule has 1 aromatic heterocycles. The van der Waals surface area contributed by atoms with Crippen molar-refractivity contribution in [2.75, 3.05) is 7.11 Å². The summed E-state index contributed by atoms with van der Waals surface area (Å²) in [4.78, 5) is 7.86. The Balaban J connectivity index is 2.35. The summed E-state index contributed by atoms with van der Waals surface area (Å²) >= 11 is 3.32. The van der Waals surface area contributed by atoms with Gasteiger partial charge in [0.05, 0.1) is 7.11 Å². The van der Waals surface area contributed by atoms with Crippen molar-refractivity contribution in [1.29, 1.82) is 0 Å². The van der Waals surface area contributed by atoms with Gasteiger partial charge < -0.3 is 9.84 Å². The third-order valence-electron chi connectivity index (χ3n) is 2.02. The second-order valence-electron chi connectivity index (χ2n) is 3.11. The number of aromatic hydroxyl groups is 1. The normalized spacial score (nSPS) is 10.9. The number of phenols is 1. The van der Waals surface area contributed by atoms with Crippen molar-refractivity contribution in [3.63, 3.8) is 0 Å². The van der Waals surface area contributed by atoms with Crippen LogP contribution in [-0.4, -0.2) is 33.6 Å². The Hall–Kier alpha value is -1.89. The molecule has 2 rings (SSSR count). The maximum absolute atomic E-state index is 9.86. The summed E-state index contributed by atoms with van der Waals surface area (Å²) in [5, 5.41) is 16.1. The van der Waals surface area contributed by atoms with E-state index in [9.17, 15) is 5.11 Å². The van der Waals surface area contributed by atoms with Crippen molar-refractivity contribution in [2.24, 2.45) is 4.99 Å². The number of hydrogen-bond donors (Lipinski definition) is 2. The zero-order chi connectivity index (χ0) is 12.3. The number of rotatable bonds is 3. The second-order valence-corrected chi connectivity index (χ2v) is 4.03. The molecule has 1 heterocycles. The van der Waals surface area contributed by atoms with E-state index in [1.807, 2.05) is 0 Å². The molecule has 0 unspecified atom stereocenters. The lowest BCUT2D eigenvalue weighted by Gasteiger charge is -2.06. The van der Waals surface area contributed by atoms with E-state index in [1.54, 1.807) is 12.1 Å². The lowest BCUT2D eigenvalue weighted by molar-refractivity contribution is 0.373. The Labute approximate surface area is 106 Å². The first-order valence-corrected chi connectivity index (χ1v) is 5.46. The van der Waals surface area contributed by atoms with Gasteiger partial charge in [-0.15, -0.1) is 0 Å². The maximum atomic E-state index is 9.86. The Morgan fingerprint density at radius 3 is 3.00 bits per heavy atom. The summed E-state index contributed by atoms with van der Waals surface area (Å²) in [5.41, 5.74) is 0.521. The van der Waals surface area contributed by atoms with Gasteiger partial charge in [0.15, 0.2) is 11.5 Å². The molecule has 0 radical (unpaired) electrons. The van der Waals surface area contributed by atoms with Crippen LogP contribution in [0, 0.1) is 0 Å². The average Bonchev–Trinajstić information content (AvgIpc) is 2.82. The predicted molar refractivity (Wildman–Crippen MR) is 66.0 cm³/mol. The van der Waals surface area contributed by atoms with Crippen molar-refractivity contribution in [1.82, 2.24) is 15.2 Å². The highest BCUT2D eigenvalue weighted by Gasteiger charge is 2.08. The van der Waals surface area contributed by atoms with Crippen molar-refractivity contribution in [3.05, 3.63) is 28.5 Å². The van der Waals surface area contributed by atoms with E-state index in [4.69, 9.17) is 4.74 Å². The van der Waals surface area contributed by atoms with Crippen LogP contribution < -0.4 is 4.74 Å². The fraction of sp³-hybridized carbons (Fsp3) is 0.100. The van der Waals surface area contributed by atoms with Gasteiger partial charge in [-0.3, -0.25) is 0 Å². The van der Waals surface area contributed by atoms with Gasteiger partial charge in [0.25, 0.3) is 0 Å². The minimum absolute atomic E-state index is 0.0268. The van der Waals surface area contributed by atoms with Gasteiger partial charge in [0.2, 0.25) is 5.95 Å². The molecule has 88 valence electrons. The minimum atomic E-state index is 0.0268. The lowest BCUT2D eigenvalue weighted by atomic mass is 10.2. The number of nitrogens with one attached hydrogen (secondary N) is 1. The van der Waals surface area contributed by atoms with Crippen LogP contribution >= 0.6 is 15.9 Å². The summed E-state index contributed by atoms with van der Waals surface area (Å²) in [6.07, 6.45) is 2.83. The molecular formula is C10H9BrN4O2. The zero-order valence-corrected chi connectivity index (χ0v) is 10.5. The van der Waals surface area contributed by atoms with E-state index in [0.717, 1.165) is 4.47 Å². The first kappa shape index (κ1) is 11.6. The van der Waals surface area contributed by atoms with E-state index >= 15 is 0 Å². The van der Waals surface area contributed by atoms with Gasteiger partial charge >= 0.3 is 0 Å². The Kier molecular flexibility index (Phi) is 3.38. The molecule has 6 nitrogen and oxygen atoms in total. The minimum Gasteiger partial charge on any atom is -0.504 e. The number of aromatic nitrogens is 3. The summed E-state index contributed by atoms with van der Waals surface area (Å²) in [6.45, 7) is 0. The van der Waals surface area contributed by atoms with Gasteiger partial charge in [-0.2, -0.15) is 10.1 Å². The summed E-state index contributed by atoms with van der Waals surface area (Å²) in [5.74, 6) is 0.765. The summed E-state index contributed by atoms with van der Waals surface area (Å²) in [7, 11) is 1.48. The van der Waals surface area contributed by atoms with Crippen molar-refractivity contribution < 1.29 is 9.84 Å². The van der Waals surface area contributed by atoms with Crippen molar-refractivity contribution in [3.8, 4) is 11.5 Å². The molecule has 0 aliphatic rings. The smallest absolute Gasteiger partial charge is 0.245 e. The summed E-state index contributed by atoms with van der Waals surface area (Å²) in [6, 6.07) is 3.39. The molecule has 0 aliphatic heterocycles. The van der Waals surface area contributed by atoms with Crippen LogP contribution in [0.1, 0.15) is 5.56 Å².